The molecule has 3 aromatic rings. The zero-order valence-corrected chi connectivity index (χ0v) is 25.7. The smallest absolute Gasteiger partial charge is 0.309 e. The van der Waals surface area contributed by atoms with Crippen LogP contribution < -0.4 is 24.4 Å². The molecule has 9 heteroatoms. The van der Waals surface area contributed by atoms with Gasteiger partial charge < -0.3 is 29.5 Å². The van der Waals surface area contributed by atoms with Gasteiger partial charge in [-0.05, 0) is 72.2 Å². The number of fused-ring (bicyclic) bond motifs is 1. The topological polar surface area (TPSA) is 101 Å². The number of amides is 1. The molecular formula is C35H41N3O6. The molecular weight excluding hydrogens is 558 g/mol. The highest BCUT2D eigenvalue weighted by atomic mass is 16.7. The number of ether oxygens (including phenoxy) is 3. The third-order valence-corrected chi connectivity index (χ3v) is 9.31. The van der Waals surface area contributed by atoms with Crippen molar-refractivity contribution in [1.29, 1.82) is 0 Å². The van der Waals surface area contributed by atoms with E-state index in [2.05, 4.69) is 36.2 Å². The number of methoxy groups -OCH3 is 1. The molecule has 3 aromatic carbocycles. The molecule has 1 amide bonds. The highest BCUT2D eigenvalue weighted by Gasteiger charge is 2.48. The Hall–Kier alpha value is -4.24. The Kier molecular flexibility index (Phi) is 8.66. The first-order chi connectivity index (χ1) is 21.4. The van der Waals surface area contributed by atoms with Crippen LogP contribution in [-0.4, -0.2) is 62.0 Å². The molecule has 2 N–H and O–H groups in total. The number of likely N-dealkylation sites (tertiary alicyclic amines) is 1. The number of nitrogens with zero attached hydrogens (tertiary/aromatic N) is 2. The summed E-state index contributed by atoms with van der Waals surface area (Å²) < 4.78 is 16.9. The first-order valence-corrected chi connectivity index (χ1v) is 15.6. The van der Waals surface area contributed by atoms with Crippen molar-refractivity contribution in [2.24, 2.45) is 5.92 Å². The number of benzene rings is 3. The third-order valence-electron chi connectivity index (χ3n) is 9.31. The average Bonchev–Trinajstić information content (AvgIpc) is 3.81. The predicted molar refractivity (Wildman–Crippen MR) is 169 cm³/mol. The lowest BCUT2D eigenvalue weighted by molar-refractivity contribution is -0.143. The van der Waals surface area contributed by atoms with Crippen LogP contribution in [0.1, 0.15) is 60.9 Å². The maximum Gasteiger partial charge on any atom is 0.309 e. The summed E-state index contributed by atoms with van der Waals surface area (Å²) in [6, 6.07) is 17.5. The molecule has 0 spiro atoms. The van der Waals surface area contributed by atoms with Gasteiger partial charge in [-0.15, -0.1) is 0 Å². The van der Waals surface area contributed by atoms with Crippen LogP contribution in [-0.2, 0) is 22.4 Å². The summed E-state index contributed by atoms with van der Waals surface area (Å²) in [6.07, 6.45) is 3.95. The molecule has 232 valence electrons. The summed E-state index contributed by atoms with van der Waals surface area (Å²) >= 11 is 0. The molecule has 0 saturated carbocycles. The van der Waals surface area contributed by atoms with Crippen molar-refractivity contribution < 1.29 is 28.9 Å². The monoisotopic (exact) mass is 599 g/mol. The molecule has 3 aliphatic heterocycles. The van der Waals surface area contributed by atoms with Gasteiger partial charge in [-0.3, -0.25) is 14.5 Å². The lowest BCUT2D eigenvalue weighted by Crippen LogP contribution is -2.35. The molecule has 2 fully saturated rings. The lowest BCUT2D eigenvalue weighted by Gasteiger charge is -2.28. The van der Waals surface area contributed by atoms with E-state index in [4.69, 9.17) is 14.2 Å². The number of aliphatic carboxylic acids is 1. The summed E-state index contributed by atoms with van der Waals surface area (Å²) in [5.74, 6) is -0.729. The molecule has 9 nitrogen and oxygen atoms in total. The van der Waals surface area contributed by atoms with E-state index < -0.39 is 23.8 Å². The fraction of sp³-hybridized carbons (Fsp3) is 0.429. The van der Waals surface area contributed by atoms with E-state index in [0.29, 0.717) is 23.8 Å². The largest absolute Gasteiger partial charge is 0.493 e. The number of rotatable bonds is 10. The van der Waals surface area contributed by atoms with Crippen molar-refractivity contribution in [1.82, 2.24) is 4.90 Å². The first-order valence-electron chi connectivity index (χ1n) is 15.6. The lowest BCUT2D eigenvalue weighted by atomic mass is 9.82. The van der Waals surface area contributed by atoms with E-state index in [0.717, 1.165) is 59.6 Å². The van der Waals surface area contributed by atoms with Crippen molar-refractivity contribution in [3.63, 3.8) is 0 Å². The SMILES string of the molecule is CCc1cccc(CC)c1NC(=O)CN1C[C@H](c2cc(OC)c3c(c2)OCO3)[C@@H](C(=O)O)[C@@H]1c1ccc(N2CCCC2)cc1. The van der Waals surface area contributed by atoms with Gasteiger partial charge in [-0.1, -0.05) is 44.2 Å². The second-order valence-electron chi connectivity index (χ2n) is 11.8. The molecule has 3 atom stereocenters. The number of hydrogen-bond donors (Lipinski definition) is 2. The van der Waals surface area contributed by atoms with E-state index in [1.54, 1.807) is 7.11 Å². The van der Waals surface area contributed by atoms with Gasteiger partial charge in [-0.25, -0.2) is 0 Å². The van der Waals surface area contributed by atoms with Crippen LogP contribution in [0.2, 0.25) is 0 Å². The van der Waals surface area contributed by atoms with Crippen LogP contribution in [0.5, 0.6) is 17.2 Å². The zero-order chi connectivity index (χ0) is 30.8. The minimum Gasteiger partial charge on any atom is -0.493 e. The van der Waals surface area contributed by atoms with Gasteiger partial charge in [0.1, 0.15) is 0 Å². The maximum absolute atomic E-state index is 13.7. The minimum absolute atomic E-state index is 0.0573. The highest BCUT2D eigenvalue weighted by molar-refractivity contribution is 5.94. The molecule has 0 aromatic heterocycles. The number of nitrogens with one attached hydrogen (secondary N) is 1. The molecule has 3 aliphatic rings. The van der Waals surface area contributed by atoms with Crippen molar-refractivity contribution >= 4 is 23.3 Å². The van der Waals surface area contributed by atoms with E-state index in [9.17, 15) is 14.7 Å². The van der Waals surface area contributed by atoms with Crippen LogP contribution in [0.25, 0.3) is 0 Å². The quantitative estimate of drug-likeness (QED) is 0.309. The standard InChI is InChI=1S/C35H41N3O6/c1-4-22-9-8-10-23(5-2)32(22)36-30(39)20-38-19-27(25-17-28(42-3)34-29(18-25)43-21-44-34)31(35(40)41)33(38)24-11-13-26(14-12-24)37-15-6-7-16-37/h8-14,17-18,27,31,33H,4-7,15-16,19-21H2,1-3H3,(H,36,39)(H,40,41)/t27-,31-,33+/m1/s1. The van der Waals surface area contributed by atoms with Crippen molar-refractivity contribution in [2.75, 3.05) is 50.3 Å². The van der Waals surface area contributed by atoms with E-state index in [1.807, 2.05) is 47.4 Å². The number of hydrogen-bond acceptors (Lipinski definition) is 7. The third kappa shape index (κ3) is 5.68. The molecule has 3 heterocycles. The molecule has 2 saturated heterocycles. The van der Waals surface area contributed by atoms with Gasteiger partial charge in [-0.2, -0.15) is 0 Å². The molecule has 0 unspecified atom stereocenters. The Bertz CT molecular complexity index is 1500. The fourth-order valence-electron chi connectivity index (χ4n) is 7.12. The molecule has 6 rings (SSSR count). The maximum atomic E-state index is 13.7. The van der Waals surface area contributed by atoms with Crippen LogP contribution in [0.15, 0.2) is 54.6 Å². The second kappa shape index (κ2) is 12.8. The Balaban J connectivity index is 1.35. The summed E-state index contributed by atoms with van der Waals surface area (Å²) in [4.78, 5) is 31.2. The second-order valence-corrected chi connectivity index (χ2v) is 11.8. The number of carboxylic acid groups (broad SMARTS) is 1. The molecule has 0 radical (unpaired) electrons. The molecule has 0 bridgehead atoms. The molecule has 0 aliphatic carbocycles. The Morgan fingerprint density at radius 1 is 0.977 bits per heavy atom. The fourth-order valence-corrected chi connectivity index (χ4v) is 7.12. The number of aryl methyl sites for hydroxylation is 2. The Morgan fingerprint density at radius 3 is 2.32 bits per heavy atom. The average molecular weight is 600 g/mol. The Labute approximate surface area is 258 Å². The van der Waals surface area contributed by atoms with Gasteiger partial charge in [0, 0.05) is 43.0 Å². The van der Waals surface area contributed by atoms with Gasteiger partial charge in [0.25, 0.3) is 0 Å². The van der Waals surface area contributed by atoms with Crippen molar-refractivity contribution in [3.05, 3.63) is 76.9 Å². The van der Waals surface area contributed by atoms with Gasteiger partial charge in [0.2, 0.25) is 18.4 Å². The van der Waals surface area contributed by atoms with Crippen LogP contribution in [0.4, 0.5) is 11.4 Å². The number of anilines is 2. The predicted octanol–water partition coefficient (Wildman–Crippen LogP) is 5.63. The van der Waals surface area contributed by atoms with Crippen molar-refractivity contribution in [2.45, 2.75) is 51.5 Å². The number of para-hydroxylation sites is 1. The van der Waals surface area contributed by atoms with Gasteiger partial charge in [0.15, 0.2) is 11.5 Å². The van der Waals surface area contributed by atoms with Gasteiger partial charge in [0.05, 0.1) is 19.6 Å². The van der Waals surface area contributed by atoms with Crippen LogP contribution in [0.3, 0.4) is 0 Å². The number of carboxylic acids is 1. The number of carbonyl (C=O) groups excluding carboxylic acids is 1. The zero-order valence-electron chi connectivity index (χ0n) is 25.7. The van der Waals surface area contributed by atoms with Crippen LogP contribution in [0, 0.1) is 5.92 Å². The molecule has 44 heavy (non-hydrogen) atoms. The summed E-state index contributed by atoms with van der Waals surface area (Å²) in [7, 11) is 1.56. The van der Waals surface area contributed by atoms with E-state index in [-0.39, 0.29) is 19.2 Å². The highest BCUT2D eigenvalue weighted by Crippen LogP contribution is 2.50. The number of carbonyl (C=O) groups is 2. The normalized spacial score (nSPS) is 21.1. The summed E-state index contributed by atoms with van der Waals surface area (Å²) in [5.41, 5.74) is 5.83. The van der Waals surface area contributed by atoms with E-state index >= 15 is 0 Å². The van der Waals surface area contributed by atoms with Gasteiger partial charge >= 0.3 is 5.97 Å². The summed E-state index contributed by atoms with van der Waals surface area (Å²) in [6.45, 7) is 6.73. The minimum atomic E-state index is -0.909. The Morgan fingerprint density at radius 2 is 1.68 bits per heavy atom. The van der Waals surface area contributed by atoms with Crippen molar-refractivity contribution in [3.8, 4) is 17.2 Å². The van der Waals surface area contributed by atoms with Crippen LogP contribution >= 0.6 is 0 Å². The first kappa shape index (κ1) is 29.8. The summed E-state index contributed by atoms with van der Waals surface area (Å²) in [5, 5.41) is 13.9. The van der Waals surface area contributed by atoms with E-state index in [1.165, 1.54) is 12.8 Å².